The van der Waals surface area contributed by atoms with Crippen LogP contribution in [0.5, 0.6) is 0 Å². The zero-order chi connectivity index (χ0) is 13.2. The van der Waals surface area contributed by atoms with Gasteiger partial charge in [0.05, 0.1) is 0 Å². The van der Waals surface area contributed by atoms with Crippen LogP contribution in [0.15, 0.2) is 42.7 Å². The number of pyridine rings is 1. The van der Waals surface area contributed by atoms with Crippen LogP contribution in [0, 0.1) is 6.92 Å². The Morgan fingerprint density at radius 1 is 1.16 bits per heavy atom. The molecule has 0 aliphatic carbocycles. The maximum absolute atomic E-state index is 5.93. The van der Waals surface area contributed by atoms with E-state index in [1.165, 1.54) is 0 Å². The van der Waals surface area contributed by atoms with E-state index in [0.29, 0.717) is 16.8 Å². The summed E-state index contributed by atoms with van der Waals surface area (Å²) in [6.45, 7) is 1.81. The van der Waals surface area contributed by atoms with E-state index in [9.17, 15) is 0 Å². The van der Waals surface area contributed by atoms with E-state index in [2.05, 4.69) is 20.3 Å². The summed E-state index contributed by atoms with van der Waals surface area (Å²) >= 11 is 5.93. The molecular weight excluding hydrogens is 260 g/mol. The normalized spacial score (nSPS) is 10.6. The van der Waals surface area contributed by atoms with Gasteiger partial charge >= 0.3 is 0 Å². The maximum Gasteiger partial charge on any atom is 0.135 e. The van der Waals surface area contributed by atoms with E-state index in [1.807, 2.05) is 37.4 Å². The molecule has 0 spiro atoms. The maximum atomic E-state index is 5.93. The quantitative estimate of drug-likeness (QED) is 0.721. The van der Waals surface area contributed by atoms with E-state index in [1.54, 1.807) is 12.3 Å². The number of halogens is 1. The van der Waals surface area contributed by atoms with Gasteiger partial charge in [-0.15, -0.1) is 0 Å². The second-order valence-corrected chi connectivity index (χ2v) is 4.54. The van der Waals surface area contributed by atoms with Gasteiger partial charge in [-0.3, -0.25) is 4.98 Å². The van der Waals surface area contributed by atoms with Crippen molar-refractivity contribution in [3.05, 3.63) is 53.7 Å². The van der Waals surface area contributed by atoms with Crippen molar-refractivity contribution in [3.63, 3.8) is 0 Å². The summed E-state index contributed by atoms with van der Waals surface area (Å²) in [5, 5.41) is 5.85. The Labute approximate surface area is 115 Å². The van der Waals surface area contributed by atoms with E-state index in [0.717, 1.165) is 16.5 Å². The van der Waals surface area contributed by atoms with Gasteiger partial charge < -0.3 is 5.32 Å². The van der Waals surface area contributed by atoms with Crippen molar-refractivity contribution < 1.29 is 0 Å². The van der Waals surface area contributed by atoms with Crippen LogP contribution < -0.4 is 5.32 Å². The monoisotopic (exact) mass is 270 g/mol. The van der Waals surface area contributed by atoms with E-state index >= 15 is 0 Å². The van der Waals surface area contributed by atoms with E-state index in [-0.39, 0.29) is 0 Å². The van der Waals surface area contributed by atoms with Gasteiger partial charge in [0.1, 0.15) is 16.8 Å². The Kier molecular flexibility index (Phi) is 3.01. The molecule has 0 unspecified atom stereocenters. The van der Waals surface area contributed by atoms with E-state index < -0.39 is 0 Å². The number of nitrogens with zero attached hydrogens (tertiary/aromatic N) is 3. The van der Waals surface area contributed by atoms with E-state index in [4.69, 9.17) is 11.6 Å². The van der Waals surface area contributed by atoms with Crippen LogP contribution in [0.2, 0.25) is 5.15 Å². The summed E-state index contributed by atoms with van der Waals surface area (Å²) in [4.78, 5) is 12.5. The fourth-order valence-corrected chi connectivity index (χ4v) is 2.19. The molecule has 0 saturated carbocycles. The number of fused-ring (bicyclic) bond motifs is 1. The first-order valence-corrected chi connectivity index (χ1v) is 6.21. The lowest BCUT2D eigenvalue weighted by atomic mass is 10.1. The summed E-state index contributed by atoms with van der Waals surface area (Å²) in [6, 6.07) is 9.66. The summed E-state index contributed by atoms with van der Waals surface area (Å²) in [5.74, 6) is 1.32. The Morgan fingerprint density at radius 3 is 2.89 bits per heavy atom. The van der Waals surface area contributed by atoms with Crippen LogP contribution in [0.25, 0.3) is 10.8 Å². The molecule has 0 aliphatic rings. The number of hydrogen-bond acceptors (Lipinski definition) is 4. The predicted molar refractivity (Wildman–Crippen MR) is 76.8 cm³/mol. The first-order chi connectivity index (χ1) is 9.22. The van der Waals surface area contributed by atoms with Gasteiger partial charge in [-0.05, 0) is 19.1 Å². The third-order valence-corrected chi connectivity index (χ3v) is 2.94. The molecule has 94 valence electrons. The smallest absolute Gasteiger partial charge is 0.135 e. The topological polar surface area (TPSA) is 50.7 Å². The number of aromatic nitrogens is 3. The van der Waals surface area contributed by atoms with Crippen molar-refractivity contribution >= 4 is 33.9 Å². The molecule has 2 aromatic heterocycles. The van der Waals surface area contributed by atoms with Crippen LogP contribution in [0.3, 0.4) is 0 Å². The van der Waals surface area contributed by atoms with Gasteiger partial charge in [-0.2, -0.15) is 0 Å². The fraction of sp³-hybridized carbons (Fsp3) is 0.0714. The standard InChI is InChI=1S/C14H11ClN4/c1-9-17-13(15)7-14(18-9)19-12-4-2-3-10-8-16-6-5-11(10)12/h2-8H,1H3,(H,17,18,19). The molecule has 0 fully saturated rings. The molecular formula is C14H11ClN4. The molecule has 3 aromatic rings. The Hall–Kier alpha value is -2.20. The average molecular weight is 271 g/mol. The second-order valence-electron chi connectivity index (χ2n) is 4.15. The Morgan fingerprint density at radius 2 is 2.05 bits per heavy atom. The van der Waals surface area contributed by atoms with Crippen LogP contribution in [-0.4, -0.2) is 15.0 Å². The molecule has 4 nitrogen and oxygen atoms in total. The first kappa shape index (κ1) is 11.9. The van der Waals surface area contributed by atoms with Gasteiger partial charge in [-0.25, -0.2) is 9.97 Å². The average Bonchev–Trinajstić information content (AvgIpc) is 2.38. The highest BCUT2D eigenvalue weighted by atomic mass is 35.5. The lowest BCUT2D eigenvalue weighted by molar-refractivity contribution is 1.06. The molecule has 19 heavy (non-hydrogen) atoms. The number of nitrogens with one attached hydrogen (secondary N) is 1. The lowest BCUT2D eigenvalue weighted by Gasteiger charge is -2.09. The van der Waals surface area contributed by atoms with Gasteiger partial charge in [0.15, 0.2) is 0 Å². The number of aryl methyl sites for hydroxylation is 1. The van der Waals surface area contributed by atoms with Crippen LogP contribution >= 0.6 is 11.6 Å². The van der Waals surface area contributed by atoms with Crippen LogP contribution in [0.1, 0.15) is 5.82 Å². The van der Waals surface area contributed by atoms with Gasteiger partial charge in [-0.1, -0.05) is 23.7 Å². The highest BCUT2D eigenvalue weighted by Crippen LogP contribution is 2.25. The molecule has 2 heterocycles. The molecule has 0 bridgehead atoms. The minimum absolute atomic E-state index is 0.428. The predicted octanol–water partition coefficient (Wildman–Crippen LogP) is 3.73. The Bertz CT molecular complexity index is 717. The molecule has 3 rings (SSSR count). The molecule has 1 N–H and O–H groups in total. The summed E-state index contributed by atoms with van der Waals surface area (Å²) in [6.07, 6.45) is 3.60. The molecule has 0 aliphatic heterocycles. The lowest BCUT2D eigenvalue weighted by Crippen LogP contribution is -1.97. The highest BCUT2D eigenvalue weighted by molar-refractivity contribution is 6.29. The SMILES string of the molecule is Cc1nc(Cl)cc(Nc2cccc3cnccc23)n1. The summed E-state index contributed by atoms with van der Waals surface area (Å²) < 4.78 is 0. The molecule has 0 saturated heterocycles. The number of rotatable bonds is 2. The number of anilines is 2. The summed E-state index contributed by atoms with van der Waals surface area (Å²) in [7, 11) is 0. The molecule has 0 amide bonds. The number of hydrogen-bond donors (Lipinski definition) is 1. The second kappa shape index (κ2) is 4.82. The van der Waals surface area contributed by atoms with Gasteiger partial charge in [0.2, 0.25) is 0 Å². The minimum Gasteiger partial charge on any atom is -0.340 e. The first-order valence-electron chi connectivity index (χ1n) is 5.83. The van der Waals surface area contributed by atoms with Gasteiger partial charge in [0, 0.05) is 34.9 Å². The van der Waals surface area contributed by atoms with Gasteiger partial charge in [0.25, 0.3) is 0 Å². The van der Waals surface area contributed by atoms with Crippen molar-refractivity contribution in [2.24, 2.45) is 0 Å². The molecule has 1 aromatic carbocycles. The molecule has 0 atom stereocenters. The Balaban J connectivity index is 2.05. The highest BCUT2D eigenvalue weighted by Gasteiger charge is 2.04. The largest absolute Gasteiger partial charge is 0.340 e. The molecule has 5 heteroatoms. The zero-order valence-corrected chi connectivity index (χ0v) is 11.0. The third-order valence-electron chi connectivity index (χ3n) is 2.75. The molecule has 0 radical (unpaired) electrons. The fourth-order valence-electron chi connectivity index (χ4n) is 1.96. The zero-order valence-electron chi connectivity index (χ0n) is 10.3. The van der Waals surface area contributed by atoms with Crippen LogP contribution in [0.4, 0.5) is 11.5 Å². The van der Waals surface area contributed by atoms with Crippen molar-refractivity contribution in [3.8, 4) is 0 Å². The van der Waals surface area contributed by atoms with Crippen molar-refractivity contribution in [2.45, 2.75) is 6.92 Å². The van der Waals surface area contributed by atoms with Crippen molar-refractivity contribution in [1.82, 2.24) is 15.0 Å². The minimum atomic E-state index is 0.428. The summed E-state index contributed by atoms with van der Waals surface area (Å²) in [5.41, 5.74) is 0.967. The third kappa shape index (κ3) is 2.48. The van der Waals surface area contributed by atoms with Crippen molar-refractivity contribution in [1.29, 1.82) is 0 Å². The van der Waals surface area contributed by atoms with Crippen LogP contribution in [-0.2, 0) is 0 Å². The number of benzene rings is 1. The van der Waals surface area contributed by atoms with Crippen molar-refractivity contribution in [2.75, 3.05) is 5.32 Å².